The van der Waals surface area contributed by atoms with Gasteiger partial charge in [-0.05, 0) is 30.7 Å². The van der Waals surface area contributed by atoms with E-state index in [1.54, 1.807) is 12.2 Å². The molecule has 1 aromatic rings. The molecule has 0 aromatic heterocycles. The Kier molecular flexibility index (Phi) is 3.74. The molecule has 0 atom stereocenters. The summed E-state index contributed by atoms with van der Waals surface area (Å²) in [4.78, 5) is 0. The summed E-state index contributed by atoms with van der Waals surface area (Å²) in [5, 5.41) is 0. The van der Waals surface area contributed by atoms with Gasteiger partial charge < -0.3 is 4.74 Å². The second-order valence-corrected chi connectivity index (χ2v) is 2.87. The largest absolute Gasteiger partial charge is 0.457 e. The normalized spacial score (nSPS) is 11.5. The van der Waals surface area contributed by atoms with Crippen molar-refractivity contribution in [3.05, 3.63) is 67.0 Å². The van der Waals surface area contributed by atoms with Crippen LogP contribution in [0.15, 0.2) is 67.0 Å². The third-order valence-electron chi connectivity index (χ3n) is 1.85. The minimum Gasteiger partial charge on any atom is -0.457 e. The number of rotatable bonds is 4. The molecule has 0 bridgehead atoms. The maximum atomic E-state index is 5.61. The summed E-state index contributed by atoms with van der Waals surface area (Å²) in [6.45, 7) is 9.32. The molecule has 0 heterocycles. The average Bonchev–Trinajstić information content (AvgIpc) is 2.26. The van der Waals surface area contributed by atoms with Crippen molar-refractivity contribution in [3.8, 4) is 5.75 Å². The van der Waals surface area contributed by atoms with Gasteiger partial charge in [0.1, 0.15) is 11.5 Å². The van der Waals surface area contributed by atoms with E-state index in [-0.39, 0.29) is 0 Å². The molecule has 0 N–H and O–H groups in total. The Morgan fingerprint density at radius 2 is 1.79 bits per heavy atom. The van der Waals surface area contributed by atoms with E-state index in [0.29, 0.717) is 0 Å². The van der Waals surface area contributed by atoms with Gasteiger partial charge in [-0.1, -0.05) is 37.4 Å². The lowest BCUT2D eigenvalue weighted by atomic mass is 10.2. The Labute approximate surface area is 85.0 Å². The van der Waals surface area contributed by atoms with Crippen LogP contribution >= 0.6 is 0 Å². The van der Waals surface area contributed by atoms with Crippen LogP contribution in [0.1, 0.15) is 6.92 Å². The first-order chi connectivity index (χ1) is 6.77. The zero-order valence-electron chi connectivity index (χ0n) is 8.36. The topological polar surface area (TPSA) is 9.23 Å². The Hall–Kier alpha value is -1.76. The van der Waals surface area contributed by atoms with Crippen molar-refractivity contribution in [3.63, 3.8) is 0 Å². The molecule has 0 saturated carbocycles. The molecule has 0 aliphatic rings. The van der Waals surface area contributed by atoms with Gasteiger partial charge in [0.15, 0.2) is 0 Å². The van der Waals surface area contributed by atoms with E-state index in [9.17, 15) is 0 Å². The van der Waals surface area contributed by atoms with Gasteiger partial charge in [0.2, 0.25) is 0 Å². The fraction of sp³-hybridized carbons (Fsp3) is 0.0769. The minimum absolute atomic E-state index is 0.742. The highest BCUT2D eigenvalue weighted by Crippen LogP contribution is 2.15. The van der Waals surface area contributed by atoms with Crippen LogP contribution in [0.2, 0.25) is 0 Å². The summed E-state index contributed by atoms with van der Waals surface area (Å²) in [5.74, 6) is 1.55. The van der Waals surface area contributed by atoms with Crippen LogP contribution in [0.5, 0.6) is 5.75 Å². The molecule has 0 fully saturated rings. The van der Waals surface area contributed by atoms with Crippen molar-refractivity contribution >= 4 is 0 Å². The molecular weight excluding hydrogens is 172 g/mol. The first-order valence-electron chi connectivity index (χ1n) is 4.46. The summed E-state index contributed by atoms with van der Waals surface area (Å²) in [7, 11) is 0. The number of allylic oxidation sites excluding steroid dienone is 3. The van der Waals surface area contributed by atoms with Crippen LogP contribution in [0, 0.1) is 0 Å². The Morgan fingerprint density at radius 1 is 1.14 bits per heavy atom. The molecule has 0 aliphatic carbocycles. The SMILES string of the molecule is C=CC(C)=C(C=C)Oc1ccccc1. The Morgan fingerprint density at radius 3 is 2.29 bits per heavy atom. The zero-order chi connectivity index (χ0) is 10.4. The molecule has 0 aliphatic heterocycles. The van der Waals surface area contributed by atoms with E-state index >= 15 is 0 Å². The highest BCUT2D eigenvalue weighted by atomic mass is 16.5. The summed E-state index contributed by atoms with van der Waals surface area (Å²) in [5.41, 5.74) is 0.976. The monoisotopic (exact) mass is 186 g/mol. The van der Waals surface area contributed by atoms with E-state index in [1.165, 1.54) is 0 Å². The number of benzene rings is 1. The van der Waals surface area contributed by atoms with Crippen LogP contribution in [0.3, 0.4) is 0 Å². The molecule has 1 rings (SSSR count). The van der Waals surface area contributed by atoms with E-state index in [1.807, 2.05) is 37.3 Å². The van der Waals surface area contributed by atoms with Crippen LogP contribution in [0.4, 0.5) is 0 Å². The summed E-state index contributed by atoms with van der Waals surface area (Å²) in [6.07, 6.45) is 3.43. The highest BCUT2D eigenvalue weighted by molar-refractivity contribution is 5.31. The van der Waals surface area contributed by atoms with Crippen LogP contribution in [0.25, 0.3) is 0 Å². The molecule has 1 aromatic carbocycles. The molecule has 72 valence electrons. The maximum absolute atomic E-state index is 5.61. The maximum Gasteiger partial charge on any atom is 0.129 e. The number of para-hydroxylation sites is 1. The lowest BCUT2D eigenvalue weighted by Crippen LogP contribution is -1.94. The van der Waals surface area contributed by atoms with Gasteiger partial charge >= 0.3 is 0 Å². The molecular formula is C13H14O. The van der Waals surface area contributed by atoms with Crippen molar-refractivity contribution in [1.82, 2.24) is 0 Å². The van der Waals surface area contributed by atoms with Crippen LogP contribution in [-0.4, -0.2) is 0 Å². The van der Waals surface area contributed by atoms with Gasteiger partial charge in [-0.15, -0.1) is 0 Å². The van der Waals surface area contributed by atoms with Crippen LogP contribution < -0.4 is 4.74 Å². The molecule has 0 saturated heterocycles. The molecule has 14 heavy (non-hydrogen) atoms. The number of hydrogen-bond donors (Lipinski definition) is 0. The lowest BCUT2D eigenvalue weighted by Gasteiger charge is -2.07. The Bertz CT molecular complexity index is 347. The van der Waals surface area contributed by atoms with E-state index in [2.05, 4.69) is 13.2 Å². The third-order valence-corrected chi connectivity index (χ3v) is 1.85. The second-order valence-electron chi connectivity index (χ2n) is 2.87. The number of ether oxygens (including phenoxy) is 1. The first kappa shape index (κ1) is 10.3. The lowest BCUT2D eigenvalue weighted by molar-refractivity contribution is 0.440. The van der Waals surface area contributed by atoms with Gasteiger partial charge in [-0.25, -0.2) is 0 Å². The third kappa shape index (κ3) is 2.63. The van der Waals surface area contributed by atoms with Gasteiger partial charge in [-0.2, -0.15) is 0 Å². The molecule has 1 nitrogen and oxygen atoms in total. The average molecular weight is 186 g/mol. The minimum atomic E-state index is 0.742. The summed E-state index contributed by atoms with van der Waals surface area (Å²) in [6, 6.07) is 9.61. The summed E-state index contributed by atoms with van der Waals surface area (Å²) < 4.78 is 5.61. The fourth-order valence-electron chi connectivity index (χ4n) is 0.999. The highest BCUT2D eigenvalue weighted by Gasteiger charge is 1.98. The predicted octanol–water partition coefficient (Wildman–Crippen LogP) is 3.71. The fourth-order valence-corrected chi connectivity index (χ4v) is 0.999. The number of hydrogen-bond acceptors (Lipinski definition) is 1. The van der Waals surface area contributed by atoms with E-state index < -0.39 is 0 Å². The Balaban J connectivity index is 2.87. The van der Waals surface area contributed by atoms with Crippen molar-refractivity contribution in [2.24, 2.45) is 0 Å². The molecule has 0 radical (unpaired) electrons. The van der Waals surface area contributed by atoms with Gasteiger partial charge in [-0.3, -0.25) is 0 Å². The molecule has 1 heteroatoms. The van der Waals surface area contributed by atoms with Crippen molar-refractivity contribution in [2.75, 3.05) is 0 Å². The van der Waals surface area contributed by atoms with Gasteiger partial charge in [0.25, 0.3) is 0 Å². The van der Waals surface area contributed by atoms with Gasteiger partial charge in [0, 0.05) is 0 Å². The van der Waals surface area contributed by atoms with Gasteiger partial charge in [0.05, 0.1) is 0 Å². The van der Waals surface area contributed by atoms with E-state index in [4.69, 9.17) is 4.74 Å². The standard InChI is InChI=1S/C13H14O/c1-4-11(3)13(5-2)14-12-9-7-6-8-10-12/h4-10H,1-2H2,3H3. The summed E-state index contributed by atoms with van der Waals surface area (Å²) >= 11 is 0. The first-order valence-corrected chi connectivity index (χ1v) is 4.46. The van der Waals surface area contributed by atoms with Crippen LogP contribution in [-0.2, 0) is 0 Å². The zero-order valence-corrected chi connectivity index (χ0v) is 8.36. The molecule has 0 unspecified atom stereocenters. The van der Waals surface area contributed by atoms with Crippen molar-refractivity contribution in [2.45, 2.75) is 6.92 Å². The molecule has 0 amide bonds. The van der Waals surface area contributed by atoms with Crippen molar-refractivity contribution < 1.29 is 4.74 Å². The molecule has 0 spiro atoms. The second kappa shape index (κ2) is 5.07. The van der Waals surface area contributed by atoms with Crippen molar-refractivity contribution in [1.29, 1.82) is 0 Å². The van der Waals surface area contributed by atoms with E-state index in [0.717, 1.165) is 17.1 Å². The predicted molar refractivity (Wildman–Crippen MR) is 60.2 cm³/mol. The quantitative estimate of drug-likeness (QED) is 0.514. The smallest absolute Gasteiger partial charge is 0.129 e.